The molecule has 0 rings (SSSR count). The molecule has 0 saturated carbocycles. The van der Waals surface area contributed by atoms with Gasteiger partial charge in [-0.2, -0.15) is 0 Å². The Morgan fingerprint density at radius 2 is 1.89 bits per heavy atom. The van der Waals surface area contributed by atoms with Crippen LogP contribution in [0.5, 0.6) is 0 Å². The molecule has 49 valence electrons. The third-order valence-electron chi connectivity index (χ3n) is 1.55. The molecule has 0 spiro atoms. The van der Waals surface area contributed by atoms with E-state index in [1.807, 2.05) is 0 Å². The zero-order valence-corrected chi connectivity index (χ0v) is 9.51. The molecule has 0 atom stereocenters. The minimum absolute atomic E-state index is 0. The average Bonchev–Trinajstić information content (AvgIpc) is 1.67. The monoisotopic (exact) mass is 154 g/mol. The third-order valence-corrected chi connectivity index (χ3v) is 2.10. The molecule has 0 aromatic carbocycles. The number of hydrogen-bond acceptors (Lipinski definition) is 1. The van der Waals surface area contributed by atoms with Gasteiger partial charge in [-0.05, 0) is 6.42 Å². The average molecular weight is 154 g/mol. The van der Waals surface area contributed by atoms with Gasteiger partial charge in [0, 0.05) is 35.0 Å². The van der Waals surface area contributed by atoms with Gasteiger partial charge in [-0.25, -0.2) is 0 Å². The van der Waals surface area contributed by atoms with Crippen LogP contribution in [0.4, 0.5) is 0 Å². The van der Waals surface area contributed by atoms with E-state index in [2.05, 4.69) is 20.8 Å². The molecule has 0 aliphatic carbocycles. The zero-order valence-electron chi connectivity index (χ0n) is 6.69. The van der Waals surface area contributed by atoms with Crippen molar-refractivity contribution in [3.63, 3.8) is 0 Å². The fourth-order valence-electron chi connectivity index (χ4n) is 0.174. The summed E-state index contributed by atoms with van der Waals surface area (Å²) in [6, 6.07) is 0. The van der Waals surface area contributed by atoms with Gasteiger partial charge in [0.2, 0.25) is 0 Å². The molecule has 0 aromatic heterocycles. The van der Waals surface area contributed by atoms with Crippen LogP contribution in [-0.2, 0) is 0 Å². The predicted molar refractivity (Wildman–Crippen MR) is 46.6 cm³/mol. The molecule has 0 saturated heterocycles. The van der Waals surface area contributed by atoms with Crippen LogP contribution in [0, 0.1) is 5.41 Å². The molecule has 0 aliphatic rings. The largest absolute Gasteiger partial charge is 0.393 e. The number of nitrogens with two attached hydrogens (primary N) is 1. The van der Waals surface area contributed by atoms with Crippen LogP contribution < -0.4 is 5.73 Å². The molecule has 3 heteroatoms. The summed E-state index contributed by atoms with van der Waals surface area (Å²) in [5.41, 5.74) is 5.46. The molecule has 1 nitrogen and oxygen atoms in total. The maximum atomic E-state index is 5.41. The van der Waals surface area contributed by atoms with Gasteiger partial charge in [0.15, 0.2) is 0 Å². The Balaban J connectivity index is 0. The van der Waals surface area contributed by atoms with E-state index >= 15 is 0 Å². The maximum absolute atomic E-state index is 5.41. The van der Waals surface area contributed by atoms with Crippen LogP contribution in [0.3, 0.4) is 0 Å². The Morgan fingerprint density at radius 3 is 1.89 bits per heavy atom. The van der Waals surface area contributed by atoms with Crippen molar-refractivity contribution in [3.8, 4) is 0 Å². The molecular weight excluding hydrogens is 141 g/mol. The Morgan fingerprint density at radius 1 is 1.56 bits per heavy atom. The van der Waals surface area contributed by atoms with Crippen molar-refractivity contribution in [2.45, 2.75) is 27.2 Å². The van der Waals surface area contributed by atoms with Crippen molar-refractivity contribution in [1.29, 1.82) is 0 Å². The number of thiocarbonyl (C=S) groups is 1. The zero-order chi connectivity index (χ0) is 6.78. The van der Waals surface area contributed by atoms with Gasteiger partial charge >= 0.3 is 0 Å². The van der Waals surface area contributed by atoms with Gasteiger partial charge in [0.05, 0.1) is 4.99 Å². The maximum Gasteiger partial charge on any atom is 0.0784 e. The second kappa shape index (κ2) is 4.67. The van der Waals surface area contributed by atoms with Crippen LogP contribution in [0.25, 0.3) is 0 Å². The van der Waals surface area contributed by atoms with E-state index in [0.717, 1.165) is 6.42 Å². The van der Waals surface area contributed by atoms with Gasteiger partial charge in [-0.3, -0.25) is 0 Å². The third kappa shape index (κ3) is 4.31. The SMILES string of the molecule is CCC(C)(C)C(N)=S.[Na]. The standard InChI is InChI=1S/C6H13NS.Na/c1-4-6(2,3)5(7)8;/h4H2,1-3H3,(H2,7,8);. The van der Waals surface area contributed by atoms with E-state index in [9.17, 15) is 0 Å². The van der Waals surface area contributed by atoms with Crippen LogP contribution in [-0.4, -0.2) is 34.5 Å². The Hall–Kier alpha value is 0.890. The summed E-state index contributed by atoms with van der Waals surface area (Å²) < 4.78 is 0. The van der Waals surface area contributed by atoms with Crippen molar-refractivity contribution in [1.82, 2.24) is 0 Å². The van der Waals surface area contributed by atoms with Gasteiger partial charge in [-0.1, -0.05) is 33.0 Å². The van der Waals surface area contributed by atoms with Crippen LogP contribution in [0.2, 0.25) is 0 Å². The summed E-state index contributed by atoms with van der Waals surface area (Å²) in [6.45, 7) is 6.18. The van der Waals surface area contributed by atoms with Gasteiger partial charge in [0.1, 0.15) is 0 Å². The fraction of sp³-hybridized carbons (Fsp3) is 0.833. The number of hydrogen-bond donors (Lipinski definition) is 1. The van der Waals surface area contributed by atoms with Crippen molar-refractivity contribution in [2.75, 3.05) is 0 Å². The first kappa shape index (κ1) is 12.6. The van der Waals surface area contributed by atoms with Gasteiger partial charge < -0.3 is 5.73 Å². The summed E-state index contributed by atoms with van der Waals surface area (Å²) >= 11 is 4.81. The molecule has 0 aliphatic heterocycles. The topological polar surface area (TPSA) is 26.0 Å². The molecule has 0 fully saturated rings. The first-order valence-electron chi connectivity index (χ1n) is 2.80. The van der Waals surface area contributed by atoms with Gasteiger partial charge in [0.25, 0.3) is 0 Å². The predicted octanol–water partition coefficient (Wildman–Crippen LogP) is 1.33. The minimum atomic E-state index is 0. The summed E-state index contributed by atoms with van der Waals surface area (Å²) in [5, 5.41) is 0. The van der Waals surface area contributed by atoms with Crippen molar-refractivity contribution >= 4 is 46.8 Å². The summed E-state index contributed by atoms with van der Waals surface area (Å²) in [7, 11) is 0. The quantitative estimate of drug-likeness (QED) is 0.479. The summed E-state index contributed by atoms with van der Waals surface area (Å²) in [4.78, 5) is 0.611. The van der Waals surface area contributed by atoms with E-state index in [-0.39, 0.29) is 35.0 Å². The summed E-state index contributed by atoms with van der Waals surface area (Å²) in [5.74, 6) is 0. The molecule has 2 N–H and O–H groups in total. The molecule has 0 unspecified atom stereocenters. The smallest absolute Gasteiger partial charge is 0.0784 e. The van der Waals surface area contributed by atoms with E-state index in [1.165, 1.54) is 0 Å². The molecule has 1 radical (unpaired) electrons. The van der Waals surface area contributed by atoms with E-state index in [4.69, 9.17) is 18.0 Å². The van der Waals surface area contributed by atoms with E-state index in [1.54, 1.807) is 0 Å². The second-order valence-corrected chi connectivity index (χ2v) is 3.04. The molecular formula is C6H13NNaS. The Labute approximate surface area is 84.7 Å². The number of rotatable bonds is 2. The van der Waals surface area contributed by atoms with Gasteiger partial charge in [-0.15, -0.1) is 0 Å². The Bertz CT molecular complexity index is 101. The minimum Gasteiger partial charge on any atom is -0.393 e. The molecule has 0 bridgehead atoms. The second-order valence-electron chi connectivity index (χ2n) is 2.60. The first-order valence-corrected chi connectivity index (χ1v) is 3.21. The van der Waals surface area contributed by atoms with E-state index < -0.39 is 0 Å². The van der Waals surface area contributed by atoms with Crippen molar-refractivity contribution in [2.24, 2.45) is 11.1 Å². The normalized spacial score (nSPS) is 10.1. The molecule has 0 amide bonds. The fourth-order valence-corrected chi connectivity index (χ4v) is 0.319. The van der Waals surface area contributed by atoms with Crippen molar-refractivity contribution in [3.05, 3.63) is 0 Å². The van der Waals surface area contributed by atoms with Crippen LogP contribution in [0.15, 0.2) is 0 Å². The van der Waals surface area contributed by atoms with Crippen LogP contribution in [0.1, 0.15) is 27.2 Å². The molecule has 0 heterocycles. The molecule has 0 aromatic rings. The van der Waals surface area contributed by atoms with E-state index in [0.29, 0.717) is 4.99 Å². The molecule has 9 heavy (non-hydrogen) atoms. The Kier molecular flexibility index (Phi) is 6.51. The van der Waals surface area contributed by atoms with Crippen LogP contribution >= 0.6 is 12.2 Å². The first-order chi connectivity index (χ1) is 3.50. The van der Waals surface area contributed by atoms with Crippen molar-refractivity contribution < 1.29 is 0 Å². The summed E-state index contributed by atoms with van der Waals surface area (Å²) in [6.07, 6.45) is 1.02.